The maximum Gasteiger partial charge on any atom is 0.244 e. The number of benzene rings is 2. The first-order valence-electron chi connectivity index (χ1n) is 8.94. The molecule has 0 aromatic heterocycles. The minimum absolute atomic E-state index is 0.0957. The molecular weight excluding hydrogens is 443 g/mol. The standard InChI is InChI=1S/C19H19Cl3N2O3S/c20-14-1-3-18-13(9-14)11-27-12-24(18)16-5-7-23(8-6-16)28(25,26)19-4-2-15(21)10-17(19)22/h1-4,9-10,16H,5-8,11-12H2. The van der Waals surface area contributed by atoms with E-state index in [1.807, 2.05) is 18.2 Å². The highest BCUT2D eigenvalue weighted by Gasteiger charge is 2.34. The fourth-order valence-corrected chi connectivity index (χ4v) is 6.20. The third-order valence-electron chi connectivity index (χ3n) is 5.21. The largest absolute Gasteiger partial charge is 0.356 e. The van der Waals surface area contributed by atoms with Crippen LogP contribution < -0.4 is 4.90 Å². The van der Waals surface area contributed by atoms with Gasteiger partial charge in [-0.15, -0.1) is 0 Å². The van der Waals surface area contributed by atoms with Gasteiger partial charge in [0.05, 0.1) is 11.6 Å². The molecule has 2 aromatic rings. The van der Waals surface area contributed by atoms with Gasteiger partial charge in [0.1, 0.15) is 11.6 Å². The fraction of sp³-hybridized carbons (Fsp3) is 0.368. The van der Waals surface area contributed by atoms with Gasteiger partial charge >= 0.3 is 0 Å². The predicted octanol–water partition coefficient (Wildman–Crippen LogP) is 4.79. The summed E-state index contributed by atoms with van der Waals surface area (Å²) in [7, 11) is -3.65. The highest BCUT2D eigenvalue weighted by atomic mass is 35.5. The Bertz CT molecular complexity index is 992. The Morgan fingerprint density at radius 3 is 2.36 bits per heavy atom. The number of anilines is 1. The Morgan fingerprint density at radius 1 is 0.964 bits per heavy atom. The molecule has 1 fully saturated rings. The molecule has 0 spiro atoms. The third kappa shape index (κ3) is 3.86. The quantitative estimate of drug-likeness (QED) is 0.659. The predicted molar refractivity (Wildman–Crippen MR) is 112 cm³/mol. The lowest BCUT2D eigenvalue weighted by Gasteiger charge is -2.41. The van der Waals surface area contributed by atoms with E-state index in [0.29, 0.717) is 49.3 Å². The Morgan fingerprint density at radius 2 is 1.64 bits per heavy atom. The number of piperidine rings is 1. The monoisotopic (exact) mass is 460 g/mol. The molecule has 0 N–H and O–H groups in total. The van der Waals surface area contributed by atoms with Crippen molar-refractivity contribution in [2.75, 3.05) is 24.7 Å². The van der Waals surface area contributed by atoms with Crippen LogP contribution in [0.5, 0.6) is 0 Å². The smallest absolute Gasteiger partial charge is 0.244 e. The average molecular weight is 462 g/mol. The molecule has 0 saturated carbocycles. The molecule has 2 heterocycles. The van der Waals surface area contributed by atoms with Crippen molar-refractivity contribution in [2.45, 2.75) is 30.4 Å². The van der Waals surface area contributed by atoms with Gasteiger partial charge in [0.15, 0.2) is 0 Å². The second-order valence-electron chi connectivity index (χ2n) is 6.93. The lowest BCUT2D eigenvalue weighted by Crippen LogP contribution is -2.48. The van der Waals surface area contributed by atoms with E-state index in [1.54, 1.807) is 6.07 Å². The topological polar surface area (TPSA) is 49.9 Å². The van der Waals surface area contributed by atoms with Crippen LogP contribution in [0.3, 0.4) is 0 Å². The van der Waals surface area contributed by atoms with Crippen molar-refractivity contribution >= 4 is 50.5 Å². The van der Waals surface area contributed by atoms with Crippen molar-refractivity contribution in [3.63, 3.8) is 0 Å². The van der Waals surface area contributed by atoms with Crippen LogP contribution >= 0.6 is 34.8 Å². The highest BCUT2D eigenvalue weighted by molar-refractivity contribution is 7.89. The van der Waals surface area contributed by atoms with Crippen LogP contribution in [0, 0.1) is 0 Å². The first-order valence-corrected chi connectivity index (χ1v) is 11.5. The van der Waals surface area contributed by atoms with Gasteiger partial charge in [-0.25, -0.2) is 8.42 Å². The van der Waals surface area contributed by atoms with Crippen LogP contribution in [-0.4, -0.2) is 38.6 Å². The molecule has 0 unspecified atom stereocenters. The molecule has 2 aromatic carbocycles. The van der Waals surface area contributed by atoms with Gasteiger partial charge in [0, 0.05) is 40.4 Å². The molecule has 9 heteroatoms. The van der Waals surface area contributed by atoms with Crippen LogP contribution in [-0.2, 0) is 21.4 Å². The number of fused-ring (bicyclic) bond motifs is 1. The zero-order chi connectivity index (χ0) is 19.9. The number of halogens is 3. The first kappa shape index (κ1) is 20.3. The van der Waals surface area contributed by atoms with Crippen molar-refractivity contribution in [1.29, 1.82) is 0 Å². The molecule has 0 aliphatic carbocycles. The first-order chi connectivity index (χ1) is 13.4. The maximum absolute atomic E-state index is 13.0. The van der Waals surface area contributed by atoms with E-state index >= 15 is 0 Å². The minimum atomic E-state index is -3.65. The summed E-state index contributed by atoms with van der Waals surface area (Å²) in [6.45, 7) is 1.88. The molecule has 0 amide bonds. The molecule has 5 nitrogen and oxygen atoms in total. The van der Waals surface area contributed by atoms with Crippen molar-refractivity contribution in [3.8, 4) is 0 Å². The van der Waals surface area contributed by atoms with Gasteiger partial charge in [-0.1, -0.05) is 34.8 Å². The minimum Gasteiger partial charge on any atom is -0.356 e. The number of nitrogens with zero attached hydrogens (tertiary/aromatic N) is 2. The SMILES string of the molecule is O=S(=O)(c1ccc(Cl)cc1Cl)N1CCC(N2COCc3cc(Cl)ccc32)CC1. The van der Waals surface area contributed by atoms with Gasteiger partial charge < -0.3 is 9.64 Å². The molecular formula is C19H19Cl3N2O3S. The normalized spacial score (nSPS) is 18.9. The summed E-state index contributed by atoms with van der Waals surface area (Å²) >= 11 is 18.1. The van der Waals surface area contributed by atoms with Crippen LogP contribution in [0.25, 0.3) is 0 Å². The van der Waals surface area contributed by atoms with E-state index in [9.17, 15) is 8.42 Å². The summed E-state index contributed by atoms with van der Waals surface area (Å²) in [4.78, 5) is 2.30. The van der Waals surface area contributed by atoms with Gasteiger partial charge in [-0.05, 0) is 49.2 Å². The number of hydrogen-bond acceptors (Lipinski definition) is 4. The molecule has 1 saturated heterocycles. The molecule has 2 aliphatic rings. The second-order valence-corrected chi connectivity index (χ2v) is 10.1. The third-order valence-corrected chi connectivity index (χ3v) is 8.07. The van der Waals surface area contributed by atoms with E-state index in [1.165, 1.54) is 16.4 Å². The zero-order valence-electron chi connectivity index (χ0n) is 14.9. The highest BCUT2D eigenvalue weighted by Crippen LogP contribution is 2.34. The second kappa shape index (κ2) is 8.01. The summed E-state index contributed by atoms with van der Waals surface area (Å²) in [6, 6.07) is 10.5. The van der Waals surface area contributed by atoms with Crippen molar-refractivity contribution in [2.24, 2.45) is 0 Å². The molecule has 2 aliphatic heterocycles. The Hall–Kier alpha value is -1.02. The summed E-state index contributed by atoms with van der Waals surface area (Å²) in [6.07, 6.45) is 1.41. The zero-order valence-corrected chi connectivity index (χ0v) is 18.0. The number of hydrogen-bond donors (Lipinski definition) is 0. The van der Waals surface area contributed by atoms with Crippen LogP contribution in [0.1, 0.15) is 18.4 Å². The number of sulfonamides is 1. The summed E-state index contributed by atoms with van der Waals surface area (Å²) in [5, 5.41) is 1.24. The van der Waals surface area contributed by atoms with Gasteiger partial charge in [-0.3, -0.25) is 0 Å². The molecule has 28 heavy (non-hydrogen) atoms. The Kier molecular flexibility index (Phi) is 5.80. The van der Waals surface area contributed by atoms with Crippen LogP contribution in [0.15, 0.2) is 41.3 Å². The number of rotatable bonds is 3. The Labute approximate surface area is 179 Å². The summed E-state index contributed by atoms with van der Waals surface area (Å²) < 4.78 is 33.2. The van der Waals surface area contributed by atoms with E-state index in [4.69, 9.17) is 39.5 Å². The van der Waals surface area contributed by atoms with E-state index in [2.05, 4.69) is 4.90 Å². The van der Waals surface area contributed by atoms with Crippen molar-refractivity contribution in [1.82, 2.24) is 4.31 Å². The lowest BCUT2D eigenvalue weighted by atomic mass is 10.0. The number of ether oxygens (including phenoxy) is 1. The molecule has 0 radical (unpaired) electrons. The van der Waals surface area contributed by atoms with E-state index in [-0.39, 0.29) is 16.0 Å². The maximum atomic E-state index is 13.0. The average Bonchev–Trinajstić information content (AvgIpc) is 2.67. The summed E-state index contributed by atoms with van der Waals surface area (Å²) in [5.74, 6) is 0. The van der Waals surface area contributed by atoms with Crippen LogP contribution in [0.2, 0.25) is 15.1 Å². The van der Waals surface area contributed by atoms with Crippen molar-refractivity contribution in [3.05, 3.63) is 57.0 Å². The lowest BCUT2D eigenvalue weighted by molar-refractivity contribution is 0.0988. The van der Waals surface area contributed by atoms with Crippen molar-refractivity contribution < 1.29 is 13.2 Å². The Balaban J connectivity index is 1.50. The van der Waals surface area contributed by atoms with Crippen LogP contribution in [0.4, 0.5) is 5.69 Å². The fourth-order valence-electron chi connectivity index (χ4n) is 3.79. The molecule has 4 rings (SSSR count). The molecule has 150 valence electrons. The summed E-state index contributed by atoms with van der Waals surface area (Å²) in [5.41, 5.74) is 2.17. The molecule has 0 atom stereocenters. The van der Waals surface area contributed by atoms with Gasteiger partial charge in [0.25, 0.3) is 0 Å². The van der Waals surface area contributed by atoms with E-state index < -0.39 is 10.0 Å². The van der Waals surface area contributed by atoms with Gasteiger partial charge in [0.2, 0.25) is 10.0 Å². The van der Waals surface area contributed by atoms with Gasteiger partial charge in [-0.2, -0.15) is 4.31 Å². The van der Waals surface area contributed by atoms with E-state index in [0.717, 1.165) is 11.3 Å². The molecule has 0 bridgehead atoms.